The van der Waals surface area contributed by atoms with Crippen molar-refractivity contribution < 1.29 is 4.84 Å². The Labute approximate surface area is 96.2 Å². The van der Waals surface area contributed by atoms with E-state index in [1.165, 1.54) is 24.1 Å². The minimum Gasteiger partial charge on any atom is -0.398 e. The number of fused-ring (bicyclic) bond motifs is 1. The van der Waals surface area contributed by atoms with Crippen LogP contribution in [0.3, 0.4) is 0 Å². The SMILES string of the molecule is CCCCC.COn1nnc2ccccc21. The molecule has 2 rings (SSSR count). The first-order valence-corrected chi connectivity index (χ1v) is 5.68. The number of nitrogens with zero attached hydrogens (tertiary/aromatic N) is 3. The van der Waals surface area contributed by atoms with Gasteiger partial charge in [0.15, 0.2) is 0 Å². The Morgan fingerprint density at radius 1 is 1.19 bits per heavy atom. The third-order valence-corrected chi connectivity index (χ3v) is 2.20. The average molecular weight is 221 g/mol. The van der Waals surface area contributed by atoms with Crippen LogP contribution in [0.4, 0.5) is 0 Å². The van der Waals surface area contributed by atoms with E-state index in [0.29, 0.717) is 0 Å². The highest BCUT2D eigenvalue weighted by Gasteiger charge is 2.00. The molecule has 16 heavy (non-hydrogen) atoms. The molecular formula is C12H19N3O. The summed E-state index contributed by atoms with van der Waals surface area (Å²) in [6.45, 7) is 4.42. The highest BCUT2D eigenvalue weighted by atomic mass is 16.7. The number of rotatable bonds is 3. The predicted molar refractivity (Wildman–Crippen MR) is 65.2 cm³/mol. The van der Waals surface area contributed by atoms with Gasteiger partial charge in [-0.2, -0.15) is 0 Å². The molecule has 0 bridgehead atoms. The second-order valence-electron chi connectivity index (χ2n) is 3.49. The van der Waals surface area contributed by atoms with Crippen LogP contribution < -0.4 is 4.84 Å². The van der Waals surface area contributed by atoms with Crippen LogP contribution in [-0.4, -0.2) is 22.3 Å². The first-order valence-electron chi connectivity index (χ1n) is 5.68. The quantitative estimate of drug-likeness (QED) is 0.800. The van der Waals surface area contributed by atoms with Gasteiger partial charge in [0, 0.05) is 0 Å². The topological polar surface area (TPSA) is 39.9 Å². The Kier molecular flexibility index (Phi) is 5.32. The maximum Gasteiger partial charge on any atom is 0.130 e. The van der Waals surface area contributed by atoms with Crippen molar-refractivity contribution in [2.45, 2.75) is 33.1 Å². The smallest absolute Gasteiger partial charge is 0.130 e. The molecule has 88 valence electrons. The summed E-state index contributed by atoms with van der Waals surface area (Å²) < 4.78 is 0. The summed E-state index contributed by atoms with van der Waals surface area (Å²) in [6, 6.07) is 7.62. The number of hydrogen-bond donors (Lipinski definition) is 0. The molecule has 1 heterocycles. The predicted octanol–water partition coefficient (Wildman–Crippen LogP) is 2.69. The lowest BCUT2D eigenvalue weighted by Gasteiger charge is -1.95. The summed E-state index contributed by atoms with van der Waals surface area (Å²) in [5.41, 5.74) is 1.73. The zero-order valence-electron chi connectivity index (χ0n) is 10.2. The zero-order valence-corrected chi connectivity index (χ0v) is 10.2. The molecule has 4 nitrogen and oxygen atoms in total. The summed E-state index contributed by atoms with van der Waals surface area (Å²) in [5.74, 6) is 0. The van der Waals surface area contributed by atoms with Crippen molar-refractivity contribution in [3.63, 3.8) is 0 Å². The van der Waals surface area contributed by atoms with Crippen molar-refractivity contribution in [3.8, 4) is 0 Å². The maximum atomic E-state index is 4.91. The fourth-order valence-corrected chi connectivity index (χ4v) is 1.34. The van der Waals surface area contributed by atoms with Gasteiger partial charge in [0.2, 0.25) is 0 Å². The molecule has 0 fully saturated rings. The van der Waals surface area contributed by atoms with Crippen LogP contribution in [0, 0.1) is 0 Å². The maximum absolute atomic E-state index is 4.91. The molecule has 4 heteroatoms. The van der Waals surface area contributed by atoms with Gasteiger partial charge < -0.3 is 4.84 Å². The lowest BCUT2D eigenvalue weighted by Crippen LogP contribution is -2.06. The summed E-state index contributed by atoms with van der Waals surface area (Å²) in [5, 5.41) is 7.64. The molecule has 0 unspecified atom stereocenters. The van der Waals surface area contributed by atoms with E-state index in [9.17, 15) is 0 Å². The van der Waals surface area contributed by atoms with E-state index in [1.807, 2.05) is 24.3 Å². The lowest BCUT2D eigenvalue weighted by atomic mass is 10.3. The van der Waals surface area contributed by atoms with Gasteiger partial charge in [-0.3, -0.25) is 0 Å². The molecule has 0 radical (unpaired) electrons. The summed E-state index contributed by atoms with van der Waals surface area (Å²) >= 11 is 0. The average Bonchev–Trinajstić information content (AvgIpc) is 2.74. The summed E-state index contributed by atoms with van der Waals surface area (Å²) in [7, 11) is 1.56. The van der Waals surface area contributed by atoms with Crippen LogP contribution in [0.15, 0.2) is 24.3 Å². The van der Waals surface area contributed by atoms with Crippen molar-refractivity contribution >= 4 is 11.0 Å². The molecule has 0 spiro atoms. The molecule has 0 aliphatic carbocycles. The summed E-state index contributed by atoms with van der Waals surface area (Å²) in [4.78, 5) is 6.29. The third-order valence-electron chi connectivity index (χ3n) is 2.20. The van der Waals surface area contributed by atoms with E-state index < -0.39 is 0 Å². The van der Waals surface area contributed by atoms with Crippen molar-refractivity contribution in [1.29, 1.82) is 0 Å². The fourth-order valence-electron chi connectivity index (χ4n) is 1.34. The Morgan fingerprint density at radius 2 is 1.88 bits per heavy atom. The van der Waals surface area contributed by atoms with Crippen LogP contribution in [0.25, 0.3) is 11.0 Å². The molecule has 0 N–H and O–H groups in total. The van der Waals surface area contributed by atoms with Gasteiger partial charge in [0.1, 0.15) is 18.1 Å². The normalized spacial score (nSPS) is 9.69. The number of para-hydroxylation sites is 1. The van der Waals surface area contributed by atoms with Crippen LogP contribution in [-0.2, 0) is 0 Å². The second kappa shape index (κ2) is 6.82. The van der Waals surface area contributed by atoms with Gasteiger partial charge in [-0.1, -0.05) is 50.1 Å². The van der Waals surface area contributed by atoms with Crippen LogP contribution in [0.5, 0.6) is 0 Å². The van der Waals surface area contributed by atoms with E-state index in [4.69, 9.17) is 4.84 Å². The minimum atomic E-state index is 0.842. The van der Waals surface area contributed by atoms with Crippen LogP contribution >= 0.6 is 0 Å². The molecule has 0 aliphatic heterocycles. The highest BCUT2D eigenvalue weighted by molar-refractivity contribution is 5.73. The summed E-state index contributed by atoms with van der Waals surface area (Å²) in [6.07, 6.45) is 4.08. The van der Waals surface area contributed by atoms with Gasteiger partial charge in [-0.25, -0.2) is 0 Å². The molecule has 0 atom stereocenters. The molecule has 2 aromatic rings. The van der Waals surface area contributed by atoms with Crippen LogP contribution in [0.2, 0.25) is 0 Å². The molecule has 0 aliphatic rings. The van der Waals surface area contributed by atoms with Gasteiger partial charge in [0.25, 0.3) is 0 Å². The number of unbranched alkanes of at least 4 members (excludes halogenated alkanes) is 2. The number of hydrogen-bond acceptors (Lipinski definition) is 3. The van der Waals surface area contributed by atoms with E-state index in [0.717, 1.165) is 11.0 Å². The standard InChI is InChI=1S/C7H7N3O.C5H12/c1-11-10-7-5-3-2-4-6(7)8-9-10;1-3-5-4-2/h2-5H,1H3;3-5H2,1-2H3. The second-order valence-corrected chi connectivity index (χ2v) is 3.49. The highest BCUT2D eigenvalue weighted by Crippen LogP contribution is 2.07. The first-order chi connectivity index (χ1) is 7.83. The molecule has 1 aromatic heterocycles. The van der Waals surface area contributed by atoms with Crippen LogP contribution in [0.1, 0.15) is 33.1 Å². The van der Waals surface area contributed by atoms with Gasteiger partial charge in [0.05, 0.1) is 0 Å². The van der Waals surface area contributed by atoms with Crippen molar-refractivity contribution in [2.24, 2.45) is 0 Å². The van der Waals surface area contributed by atoms with Gasteiger partial charge >= 0.3 is 0 Å². The molecule has 0 saturated heterocycles. The Hall–Kier alpha value is -1.58. The largest absolute Gasteiger partial charge is 0.398 e. The Morgan fingerprint density at radius 3 is 2.44 bits per heavy atom. The van der Waals surface area contributed by atoms with Crippen molar-refractivity contribution in [3.05, 3.63) is 24.3 Å². The minimum absolute atomic E-state index is 0.842. The van der Waals surface area contributed by atoms with E-state index in [-0.39, 0.29) is 0 Å². The molecule has 0 saturated carbocycles. The molecular weight excluding hydrogens is 202 g/mol. The number of benzene rings is 1. The fraction of sp³-hybridized carbons (Fsp3) is 0.500. The van der Waals surface area contributed by atoms with Crippen molar-refractivity contribution in [2.75, 3.05) is 7.11 Å². The van der Waals surface area contributed by atoms with E-state index >= 15 is 0 Å². The third kappa shape index (κ3) is 3.22. The van der Waals surface area contributed by atoms with Gasteiger partial charge in [-0.05, 0) is 17.3 Å². The lowest BCUT2D eigenvalue weighted by molar-refractivity contribution is 0.139. The van der Waals surface area contributed by atoms with Crippen molar-refractivity contribution in [1.82, 2.24) is 15.2 Å². The molecule has 1 aromatic carbocycles. The Bertz CT molecular complexity index is 409. The van der Waals surface area contributed by atoms with E-state index in [2.05, 4.69) is 24.2 Å². The monoisotopic (exact) mass is 221 g/mol. The molecule has 0 amide bonds. The van der Waals surface area contributed by atoms with E-state index in [1.54, 1.807) is 7.11 Å². The first kappa shape index (κ1) is 12.5. The Balaban J connectivity index is 0.000000221. The zero-order chi connectivity index (χ0) is 11.8. The number of aromatic nitrogens is 3. The van der Waals surface area contributed by atoms with Gasteiger partial charge in [-0.15, -0.1) is 5.10 Å².